The highest BCUT2D eigenvalue weighted by atomic mass is 16.5. The first-order valence-electron chi connectivity index (χ1n) is 6.36. The van der Waals surface area contributed by atoms with Crippen molar-refractivity contribution in [1.29, 1.82) is 0 Å². The lowest BCUT2D eigenvalue weighted by atomic mass is 10.0. The summed E-state index contributed by atoms with van der Waals surface area (Å²) in [7, 11) is 0. The Morgan fingerprint density at radius 1 is 1.53 bits per heavy atom. The van der Waals surface area contributed by atoms with Crippen molar-refractivity contribution in [1.82, 2.24) is 10.3 Å². The zero-order chi connectivity index (χ0) is 11.9. The van der Waals surface area contributed by atoms with Gasteiger partial charge in [-0.3, -0.25) is 4.98 Å². The number of hydrogen-bond donors (Lipinski definition) is 1. The Balaban J connectivity index is 1.85. The van der Waals surface area contributed by atoms with Gasteiger partial charge in [-0.15, -0.1) is 0 Å². The summed E-state index contributed by atoms with van der Waals surface area (Å²) in [4.78, 5) is 4.18. The highest BCUT2D eigenvalue weighted by Gasteiger charge is 2.13. The molecule has 1 atom stereocenters. The van der Waals surface area contributed by atoms with Gasteiger partial charge in [0, 0.05) is 12.2 Å². The Hall–Kier alpha value is -1.35. The Labute approximate surface area is 103 Å². The molecular formula is C14H20N2O. The number of nitrogens with one attached hydrogen (secondary N) is 1. The van der Waals surface area contributed by atoms with E-state index in [1.54, 1.807) is 6.20 Å². The van der Waals surface area contributed by atoms with E-state index in [1.807, 2.05) is 12.3 Å². The van der Waals surface area contributed by atoms with Crippen LogP contribution in [0.4, 0.5) is 0 Å². The quantitative estimate of drug-likeness (QED) is 0.818. The van der Waals surface area contributed by atoms with Crippen molar-refractivity contribution in [2.75, 3.05) is 13.2 Å². The standard InChI is InChI=1S/C14H20N2O/c1-2-8-17-14-9-12(10-15-11-14)4-3-5-13-6-7-16-13/h3-4,9-11,13,16H,2,5-8H2,1H3. The maximum absolute atomic E-state index is 5.55. The summed E-state index contributed by atoms with van der Waals surface area (Å²) >= 11 is 0. The zero-order valence-electron chi connectivity index (χ0n) is 10.4. The van der Waals surface area contributed by atoms with E-state index in [-0.39, 0.29) is 0 Å². The maximum Gasteiger partial charge on any atom is 0.138 e. The van der Waals surface area contributed by atoms with Gasteiger partial charge in [0.1, 0.15) is 5.75 Å². The van der Waals surface area contributed by atoms with Crippen LogP contribution in [0, 0.1) is 0 Å². The second-order valence-electron chi connectivity index (χ2n) is 4.38. The van der Waals surface area contributed by atoms with Gasteiger partial charge in [-0.05, 0) is 37.4 Å². The summed E-state index contributed by atoms with van der Waals surface area (Å²) < 4.78 is 5.55. The predicted molar refractivity (Wildman–Crippen MR) is 70.1 cm³/mol. The molecule has 1 aliphatic heterocycles. The van der Waals surface area contributed by atoms with Crippen LogP contribution in [-0.4, -0.2) is 24.2 Å². The van der Waals surface area contributed by atoms with Gasteiger partial charge < -0.3 is 10.1 Å². The smallest absolute Gasteiger partial charge is 0.138 e. The van der Waals surface area contributed by atoms with E-state index in [2.05, 4.69) is 29.4 Å². The van der Waals surface area contributed by atoms with Gasteiger partial charge in [-0.25, -0.2) is 0 Å². The van der Waals surface area contributed by atoms with Crippen molar-refractivity contribution in [3.05, 3.63) is 30.1 Å². The minimum absolute atomic E-state index is 0.679. The summed E-state index contributed by atoms with van der Waals surface area (Å²) in [6.45, 7) is 4.02. The second kappa shape index (κ2) is 6.40. The van der Waals surface area contributed by atoms with Crippen LogP contribution in [-0.2, 0) is 0 Å². The van der Waals surface area contributed by atoms with E-state index in [9.17, 15) is 0 Å². The fraction of sp³-hybridized carbons (Fsp3) is 0.500. The fourth-order valence-electron chi connectivity index (χ4n) is 1.74. The molecule has 1 aromatic heterocycles. The van der Waals surface area contributed by atoms with Crippen LogP contribution in [0.2, 0.25) is 0 Å². The molecule has 0 spiro atoms. The number of aromatic nitrogens is 1. The van der Waals surface area contributed by atoms with Gasteiger partial charge in [-0.1, -0.05) is 19.1 Å². The summed E-state index contributed by atoms with van der Waals surface area (Å²) in [6.07, 6.45) is 11.4. The molecule has 1 fully saturated rings. The molecule has 3 heteroatoms. The van der Waals surface area contributed by atoms with Crippen LogP contribution in [0.5, 0.6) is 5.75 Å². The molecule has 92 valence electrons. The molecule has 1 unspecified atom stereocenters. The lowest BCUT2D eigenvalue weighted by Crippen LogP contribution is -2.42. The largest absolute Gasteiger partial charge is 0.492 e. The molecule has 2 heterocycles. The average Bonchev–Trinajstić information content (AvgIpc) is 2.30. The number of nitrogens with zero attached hydrogens (tertiary/aromatic N) is 1. The molecule has 1 aliphatic rings. The average molecular weight is 232 g/mol. The molecule has 0 amide bonds. The van der Waals surface area contributed by atoms with Crippen LogP contribution in [0.3, 0.4) is 0 Å². The highest BCUT2D eigenvalue weighted by Crippen LogP contribution is 2.14. The van der Waals surface area contributed by atoms with Gasteiger partial charge >= 0.3 is 0 Å². The first kappa shape index (κ1) is 12.1. The molecule has 2 rings (SSSR count). The fourth-order valence-corrected chi connectivity index (χ4v) is 1.74. The SMILES string of the molecule is CCCOc1cncc(C=CCC2CCN2)c1. The van der Waals surface area contributed by atoms with E-state index < -0.39 is 0 Å². The van der Waals surface area contributed by atoms with Crippen molar-refractivity contribution in [2.45, 2.75) is 32.2 Å². The maximum atomic E-state index is 5.55. The van der Waals surface area contributed by atoms with Crippen LogP contribution in [0.1, 0.15) is 31.7 Å². The summed E-state index contributed by atoms with van der Waals surface area (Å²) in [6, 6.07) is 2.71. The normalized spacial score (nSPS) is 19.2. The van der Waals surface area contributed by atoms with Crippen LogP contribution < -0.4 is 10.1 Å². The molecule has 3 nitrogen and oxygen atoms in total. The van der Waals surface area contributed by atoms with Crippen LogP contribution in [0.25, 0.3) is 6.08 Å². The third-order valence-corrected chi connectivity index (χ3v) is 2.86. The monoisotopic (exact) mass is 232 g/mol. The minimum atomic E-state index is 0.679. The Bertz CT molecular complexity index is 372. The van der Waals surface area contributed by atoms with Crippen LogP contribution in [0.15, 0.2) is 24.5 Å². The molecule has 0 saturated carbocycles. The number of hydrogen-bond acceptors (Lipinski definition) is 3. The van der Waals surface area contributed by atoms with E-state index in [0.717, 1.165) is 30.8 Å². The van der Waals surface area contributed by atoms with Gasteiger partial charge in [-0.2, -0.15) is 0 Å². The molecule has 0 bridgehead atoms. The minimum Gasteiger partial charge on any atom is -0.492 e. The zero-order valence-corrected chi connectivity index (χ0v) is 10.4. The molecule has 0 aromatic carbocycles. The molecular weight excluding hydrogens is 212 g/mol. The van der Waals surface area contributed by atoms with Crippen molar-refractivity contribution in [3.63, 3.8) is 0 Å². The number of rotatable bonds is 6. The first-order chi connectivity index (χ1) is 8.38. The Morgan fingerprint density at radius 3 is 3.12 bits per heavy atom. The van der Waals surface area contributed by atoms with Crippen molar-refractivity contribution < 1.29 is 4.74 Å². The molecule has 0 radical (unpaired) electrons. The topological polar surface area (TPSA) is 34.1 Å². The van der Waals surface area contributed by atoms with E-state index >= 15 is 0 Å². The van der Waals surface area contributed by atoms with E-state index in [4.69, 9.17) is 4.74 Å². The van der Waals surface area contributed by atoms with Gasteiger partial charge in [0.2, 0.25) is 0 Å². The molecule has 1 saturated heterocycles. The van der Waals surface area contributed by atoms with E-state index in [0.29, 0.717) is 6.04 Å². The third-order valence-electron chi connectivity index (χ3n) is 2.86. The predicted octanol–water partition coefficient (Wildman–Crippen LogP) is 2.64. The molecule has 1 aromatic rings. The van der Waals surface area contributed by atoms with Crippen molar-refractivity contribution in [2.24, 2.45) is 0 Å². The molecule has 17 heavy (non-hydrogen) atoms. The number of pyridine rings is 1. The Kier molecular flexibility index (Phi) is 4.56. The van der Waals surface area contributed by atoms with Gasteiger partial charge in [0.05, 0.1) is 12.8 Å². The lowest BCUT2D eigenvalue weighted by molar-refractivity contribution is 0.316. The summed E-state index contributed by atoms with van der Waals surface area (Å²) in [5, 5.41) is 3.38. The van der Waals surface area contributed by atoms with Crippen molar-refractivity contribution in [3.8, 4) is 5.75 Å². The highest BCUT2D eigenvalue weighted by molar-refractivity contribution is 5.49. The summed E-state index contributed by atoms with van der Waals surface area (Å²) in [5.41, 5.74) is 1.11. The number of ether oxygens (including phenoxy) is 1. The lowest BCUT2D eigenvalue weighted by Gasteiger charge is -2.26. The Morgan fingerprint density at radius 2 is 2.41 bits per heavy atom. The third kappa shape index (κ3) is 3.86. The van der Waals surface area contributed by atoms with E-state index in [1.165, 1.54) is 13.0 Å². The van der Waals surface area contributed by atoms with Gasteiger partial charge in [0.25, 0.3) is 0 Å². The molecule has 1 N–H and O–H groups in total. The van der Waals surface area contributed by atoms with Crippen LogP contribution >= 0.6 is 0 Å². The summed E-state index contributed by atoms with van der Waals surface area (Å²) in [5.74, 6) is 0.857. The first-order valence-corrected chi connectivity index (χ1v) is 6.36. The second-order valence-corrected chi connectivity index (χ2v) is 4.38. The van der Waals surface area contributed by atoms with Crippen molar-refractivity contribution >= 4 is 6.08 Å². The van der Waals surface area contributed by atoms with Gasteiger partial charge in [0.15, 0.2) is 0 Å². The molecule has 0 aliphatic carbocycles.